The zero-order valence-corrected chi connectivity index (χ0v) is 20.6. The Morgan fingerprint density at radius 1 is 1.19 bits per heavy atom. The molecular formula is C25H37CaNO9. The molecule has 0 amide bonds. The van der Waals surface area contributed by atoms with Crippen molar-refractivity contribution in [1.29, 1.82) is 0 Å². The third-order valence-electron chi connectivity index (χ3n) is 11.3. The first-order valence-corrected chi connectivity index (χ1v) is 12.4. The van der Waals surface area contributed by atoms with E-state index < -0.39 is 74.6 Å². The molecule has 6 bridgehead atoms. The molecule has 36 heavy (non-hydrogen) atoms. The van der Waals surface area contributed by atoms with Crippen LogP contribution in [0.25, 0.3) is 0 Å². The second-order valence-corrected chi connectivity index (χ2v) is 12.4. The van der Waals surface area contributed by atoms with Crippen molar-refractivity contribution in [3.8, 4) is 0 Å². The van der Waals surface area contributed by atoms with E-state index in [-0.39, 0.29) is 56.3 Å². The Morgan fingerprint density at radius 3 is 2.39 bits per heavy atom. The molecule has 11 atom stereocenters. The van der Waals surface area contributed by atoms with Crippen molar-refractivity contribution >= 4 is 43.7 Å². The number of rotatable bonds is 3. The van der Waals surface area contributed by atoms with E-state index in [9.17, 15) is 35.4 Å². The molecule has 7 rings (SSSR count). The molecule has 0 unspecified atom stereocenters. The number of H-pyrrole nitrogens is 1. The van der Waals surface area contributed by atoms with Gasteiger partial charge in [0.2, 0.25) is 0 Å². The van der Waals surface area contributed by atoms with Crippen molar-refractivity contribution in [3.05, 3.63) is 24.0 Å². The summed E-state index contributed by atoms with van der Waals surface area (Å²) in [5, 5.41) is 73.9. The Morgan fingerprint density at radius 2 is 1.83 bits per heavy atom. The van der Waals surface area contributed by atoms with Gasteiger partial charge in [-0.15, -0.1) is 0 Å². The van der Waals surface area contributed by atoms with Gasteiger partial charge in [-0.05, 0) is 43.7 Å². The van der Waals surface area contributed by atoms with E-state index in [2.05, 4.69) is 4.98 Å². The van der Waals surface area contributed by atoms with Crippen molar-refractivity contribution in [3.63, 3.8) is 0 Å². The standard InChI is InChI=1S/C25H35NO9.Ca.2H/c1-12(2)22(31)17(34-16(28)14-7-6-10-26-14)23(32)18(4)11-21(30)19(22,5)25(23,33)24(35-21)15(27)13(3)8-9-20(18,24)29;;;/h6-7,10,12-13,15,17,26-27,29-33H,8-9,11H2,1-5H3;;;/t13-,15+,17+,18-,19+,20-,21-,22+,23+,24+,25+;;;/m0.../s1. The van der Waals surface area contributed by atoms with Gasteiger partial charge in [0, 0.05) is 18.0 Å². The van der Waals surface area contributed by atoms with Crippen LogP contribution >= 0.6 is 0 Å². The van der Waals surface area contributed by atoms with Crippen molar-refractivity contribution < 1.29 is 44.9 Å². The van der Waals surface area contributed by atoms with Gasteiger partial charge in [-0.25, -0.2) is 4.79 Å². The van der Waals surface area contributed by atoms with Crippen LogP contribution in [-0.4, -0.2) is 125 Å². The zero-order valence-electron chi connectivity index (χ0n) is 20.6. The molecular weight excluding hydrogens is 498 g/mol. The molecule has 2 aliphatic heterocycles. The SMILES string of the molecule is CC(C)[C@@]1(O)[C@@H](OC(=O)c2ccc[nH]2)[C@@]2(O)[C@@]3(C)C[C@]4(O)O[C@@]5([C@H](O)[C@@H](C)CC[C@]35O)[C@@]2(O)[C@@]14C.[CaH2]. The Hall–Kier alpha value is -0.270. The Bertz CT molecular complexity index is 1130. The third-order valence-corrected chi connectivity index (χ3v) is 11.3. The van der Waals surface area contributed by atoms with E-state index in [1.54, 1.807) is 26.8 Å². The van der Waals surface area contributed by atoms with E-state index in [4.69, 9.17) is 9.47 Å². The summed E-state index contributed by atoms with van der Waals surface area (Å²) in [6.07, 6.45) is -1.63. The van der Waals surface area contributed by atoms with Gasteiger partial charge in [-0.1, -0.05) is 27.7 Å². The molecule has 0 aromatic carbocycles. The average Bonchev–Trinajstić information content (AvgIpc) is 3.41. The number of aliphatic hydroxyl groups is 6. The molecule has 10 nitrogen and oxygen atoms in total. The number of ether oxygens (including phenoxy) is 2. The number of aliphatic hydroxyl groups excluding tert-OH is 1. The van der Waals surface area contributed by atoms with Crippen molar-refractivity contribution in [2.24, 2.45) is 22.7 Å². The first-order chi connectivity index (χ1) is 16.0. The van der Waals surface area contributed by atoms with E-state index in [1.165, 1.54) is 26.1 Å². The molecule has 1 aromatic rings. The molecule has 1 spiro atoms. The minimum absolute atomic E-state index is 0. The van der Waals surface area contributed by atoms with E-state index in [1.807, 2.05) is 0 Å². The minimum atomic E-state index is -2.59. The number of nitrogens with one attached hydrogen (secondary N) is 1. The monoisotopic (exact) mass is 535 g/mol. The topological polar surface area (TPSA) is 173 Å². The molecule has 3 heterocycles. The average molecular weight is 536 g/mol. The van der Waals surface area contributed by atoms with E-state index in [0.717, 1.165) is 0 Å². The maximum atomic E-state index is 13.2. The van der Waals surface area contributed by atoms with Gasteiger partial charge in [0.15, 0.2) is 17.5 Å². The van der Waals surface area contributed by atoms with Crippen LogP contribution in [0.4, 0.5) is 0 Å². The number of esters is 1. The molecule has 0 radical (unpaired) electrons. The number of hydrogen-bond donors (Lipinski definition) is 7. The second kappa shape index (κ2) is 7.08. The molecule has 6 aliphatic rings. The van der Waals surface area contributed by atoms with E-state index in [0.29, 0.717) is 6.42 Å². The summed E-state index contributed by atoms with van der Waals surface area (Å²) in [6, 6.07) is 3.06. The fourth-order valence-electron chi connectivity index (χ4n) is 9.56. The molecule has 6 fully saturated rings. The molecule has 4 aliphatic carbocycles. The maximum absolute atomic E-state index is 13.2. The van der Waals surface area contributed by atoms with Gasteiger partial charge >= 0.3 is 43.7 Å². The molecule has 1 aromatic heterocycles. The Balaban J connectivity index is 0.00000267. The van der Waals surface area contributed by atoms with Crippen molar-refractivity contribution in [2.75, 3.05) is 0 Å². The van der Waals surface area contributed by atoms with Gasteiger partial charge in [0.1, 0.15) is 28.1 Å². The molecule has 7 N–H and O–H groups in total. The number of carbonyl (C=O) groups is 1. The van der Waals surface area contributed by atoms with Crippen LogP contribution in [0.2, 0.25) is 0 Å². The van der Waals surface area contributed by atoms with Gasteiger partial charge in [0.05, 0.1) is 11.5 Å². The van der Waals surface area contributed by atoms with Gasteiger partial charge in [-0.3, -0.25) is 0 Å². The van der Waals surface area contributed by atoms with Crippen LogP contribution in [0.3, 0.4) is 0 Å². The Labute approximate surface area is 239 Å². The van der Waals surface area contributed by atoms with Crippen LogP contribution in [0.5, 0.6) is 0 Å². The van der Waals surface area contributed by atoms with Crippen molar-refractivity contribution in [1.82, 2.24) is 4.98 Å². The molecule has 11 heteroatoms. The summed E-state index contributed by atoms with van der Waals surface area (Å²) in [7, 11) is 0. The van der Waals surface area contributed by atoms with Gasteiger partial charge < -0.3 is 45.1 Å². The Kier molecular flexibility index (Phi) is 5.37. The summed E-state index contributed by atoms with van der Waals surface area (Å²) >= 11 is 0. The number of aromatic amines is 1. The second-order valence-electron chi connectivity index (χ2n) is 12.4. The molecule has 198 valence electrons. The number of aromatic nitrogens is 1. The predicted octanol–water partition coefficient (Wildman–Crippen LogP) is -1.10. The summed E-state index contributed by atoms with van der Waals surface area (Å²) in [6.45, 7) is 7.91. The fourth-order valence-corrected chi connectivity index (χ4v) is 9.56. The predicted molar refractivity (Wildman–Crippen MR) is 127 cm³/mol. The first-order valence-electron chi connectivity index (χ1n) is 12.4. The molecule has 2 saturated heterocycles. The van der Waals surface area contributed by atoms with Crippen LogP contribution in [0, 0.1) is 22.7 Å². The van der Waals surface area contributed by atoms with Crippen LogP contribution in [0.1, 0.15) is 64.4 Å². The van der Waals surface area contributed by atoms with Gasteiger partial charge in [-0.2, -0.15) is 0 Å². The number of hydrogen-bond acceptors (Lipinski definition) is 9. The number of carbonyl (C=O) groups excluding carboxylic acids is 1. The van der Waals surface area contributed by atoms with E-state index >= 15 is 0 Å². The summed E-state index contributed by atoms with van der Waals surface area (Å²) in [5.41, 5.74) is -15.2. The summed E-state index contributed by atoms with van der Waals surface area (Å²) < 4.78 is 12.1. The molecule has 4 saturated carbocycles. The normalized spacial score (nSPS) is 58.2. The third kappa shape index (κ3) is 2.05. The first kappa shape index (κ1) is 27.3. The quantitative estimate of drug-likeness (QED) is 0.187. The van der Waals surface area contributed by atoms with Crippen LogP contribution < -0.4 is 0 Å². The fraction of sp³-hybridized carbons (Fsp3) is 0.800. The zero-order chi connectivity index (χ0) is 25.8. The van der Waals surface area contributed by atoms with Crippen LogP contribution in [-0.2, 0) is 9.47 Å². The van der Waals surface area contributed by atoms with Crippen LogP contribution in [0.15, 0.2) is 18.3 Å². The van der Waals surface area contributed by atoms with Crippen molar-refractivity contribution in [2.45, 2.75) is 99.9 Å². The summed E-state index contributed by atoms with van der Waals surface area (Å²) in [4.78, 5) is 15.9. The summed E-state index contributed by atoms with van der Waals surface area (Å²) in [5.74, 6) is -4.34. The van der Waals surface area contributed by atoms with Gasteiger partial charge in [0.25, 0.3) is 0 Å².